The van der Waals surface area contributed by atoms with E-state index in [1.807, 2.05) is 0 Å². The summed E-state index contributed by atoms with van der Waals surface area (Å²) in [5, 5.41) is 8.36. The second-order valence-corrected chi connectivity index (χ2v) is 2.06. The van der Waals surface area contributed by atoms with Crippen molar-refractivity contribution in [1.82, 2.24) is 0 Å². The number of rotatable bonds is 3. The predicted molar refractivity (Wildman–Crippen MR) is 37.7 cm³/mol. The van der Waals surface area contributed by atoms with E-state index in [0.717, 1.165) is 6.26 Å². The molecule has 0 aliphatic heterocycles. The van der Waals surface area contributed by atoms with E-state index in [2.05, 4.69) is 4.74 Å². The fraction of sp³-hybridized carbons (Fsp3) is 0.429. The SMILES string of the molecule is CC(=O)OC=CC(C)C(=O)O. The molecule has 0 aliphatic rings. The van der Waals surface area contributed by atoms with E-state index in [4.69, 9.17) is 5.11 Å². The molecule has 1 unspecified atom stereocenters. The lowest BCUT2D eigenvalue weighted by Gasteiger charge is -1.96. The lowest BCUT2D eigenvalue weighted by molar-refractivity contribution is -0.140. The normalized spacial score (nSPS) is 12.9. The van der Waals surface area contributed by atoms with Crippen LogP contribution in [0.25, 0.3) is 0 Å². The largest absolute Gasteiger partial charge is 0.481 e. The highest BCUT2D eigenvalue weighted by Crippen LogP contribution is 1.96. The number of esters is 1. The fourth-order valence-corrected chi connectivity index (χ4v) is 0.335. The van der Waals surface area contributed by atoms with Gasteiger partial charge in [0.05, 0.1) is 12.2 Å². The van der Waals surface area contributed by atoms with E-state index in [-0.39, 0.29) is 0 Å². The zero-order valence-corrected chi connectivity index (χ0v) is 6.40. The molecule has 1 atom stereocenters. The van der Waals surface area contributed by atoms with E-state index < -0.39 is 17.9 Å². The monoisotopic (exact) mass is 158 g/mol. The molecule has 1 N–H and O–H groups in total. The number of ether oxygens (including phenoxy) is 1. The minimum absolute atomic E-state index is 0.459. The van der Waals surface area contributed by atoms with Crippen LogP contribution in [-0.2, 0) is 14.3 Å². The molecular formula is C7H10O4. The lowest BCUT2D eigenvalue weighted by Crippen LogP contribution is -2.06. The minimum atomic E-state index is -0.951. The lowest BCUT2D eigenvalue weighted by atomic mass is 10.2. The molecular weight excluding hydrogens is 148 g/mol. The highest BCUT2D eigenvalue weighted by Gasteiger charge is 2.05. The molecule has 0 aromatic carbocycles. The maximum atomic E-state index is 10.2. The van der Waals surface area contributed by atoms with Crippen LogP contribution < -0.4 is 0 Å². The molecule has 0 amide bonds. The highest BCUT2D eigenvalue weighted by atomic mass is 16.5. The Labute approximate surface area is 64.5 Å². The maximum Gasteiger partial charge on any atom is 0.310 e. The first-order valence-corrected chi connectivity index (χ1v) is 3.10. The Kier molecular flexibility index (Phi) is 3.95. The molecule has 0 saturated carbocycles. The highest BCUT2D eigenvalue weighted by molar-refractivity contribution is 5.71. The Bertz CT molecular complexity index is 183. The summed E-state index contributed by atoms with van der Waals surface area (Å²) in [4.78, 5) is 20.4. The van der Waals surface area contributed by atoms with Gasteiger partial charge in [0.2, 0.25) is 0 Å². The Morgan fingerprint density at radius 3 is 2.45 bits per heavy atom. The van der Waals surface area contributed by atoms with Gasteiger partial charge in [-0.25, -0.2) is 0 Å². The van der Waals surface area contributed by atoms with Crippen molar-refractivity contribution in [2.45, 2.75) is 13.8 Å². The Morgan fingerprint density at radius 2 is 2.09 bits per heavy atom. The van der Waals surface area contributed by atoms with Crippen molar-refractivity contribution in [3.05, 3.63) is 12.3 Å². The van der Waals surface area contributed by atoms with Gasteiger partial charge in [0, 0.05) is 6.92 Å². The number of carboxylic acid groups (broad SMARTS) is 1. The first-order valence-electron chi connectivity index (χ1n) is 3.10. The van der Waals surface area contributed by atoms with Crippen molar-refractivity contribution >= 4 is 11.9 Å². The summed E-state index contributed by atoms with van der Waals surface area (Å²) in [7, 11) is 0. The molecule has 0 radical (unpaired) electrons. The van der Waals surface area contributed by atoms with Crippen molar-refractivity contribution in [2.75, 3.05) is 0 Å². The van der Waals surface area contributed by atoms with Crippen LogP contribution in [0.2, 0.25) is 0 Å². The first-order chi connectivity index (χ1) is 5.04. The summed E-state index contributed by atoms with van der Waals surface area (Å²) < 4.78 is 4.38. The third-order valence-corrected chi connectivity index (χ3v) is 0.991. The average Bonchev–Trinajstić information content (AvgIpc) is 1.86. The second kappa shape index (κ2) is 4.49. The summed E-state index contributed by atoms with van der Waals surface area (Å²) >= 11 is 0. The van der Waals surface area contributed by atoms with E-state index in [1.54, 1.807) is 0 Å². The van der Waals surface area contributed by atoms with Gasteiger partial charge in [-0.3, -0.25) is 9.59 Å². The number of hydrogen-bond donors (Lipinski definition) is 1. The smallest absolute Gasteiger partial charge is 0.310 e. The first kappa shape index (κ1) is 9.68. The van der Waals surface area contributed by atoms with Crippen LogP contribution in [0.15, 0.2) is 12.3 Å². The molecule has 0 fully saturated rings. The van der Waals surface area contributed by atoms with E-state index in [0.29, 0.717) is 0 Å². The third-order valence-electron chi connectivity index (χ3n) is 0.991. The standard InChI is InChI=1S/C7H10O4/c1-5(7(9)10)3-4-11-6(2)8/h3-5H,1-2H3,(H,9,10). The van der Waals surface area contributed by atoms with Crippen LogP contribution in [0.1, 0.15) is 13.8 Å². The Balaban J connectivity index is 3.74. The molecule has 0 rings (SSSR count). The zero-order chi connectivity index (χ0) is 8.85. The number of carboxylic acids is 1. The van der Waals surface area contributed by atoms with Gasteiger partial charge in [-0.15, -0.1) is 0 Å². The van der Waals surface area contributed by atoms with Gasteiger partial charge < -0.3 is 9.84 Å². The van der Waals surface area contributed by atoms with Crippen molar-refractivity contribution in [1.29, 1.82) is 0 Å². The summed E-state index contributed by atoms with van der Waals surface area (Å²) in [6.45, 7) is 2.73. The fourth-order valence-electron chi connectivity index (χ4n) is 0.335. The molecule has 62 valence electrons. The van der Waals surface area contributed by atoms with Crippen molar-refractivity contribution in [3.63, 3.8) is 0 Å². The summed E-state index contributed by atoms with van der Waals surface area (Å²) in [5.41, 5.74) is 0. The van der Waals surface area contributed by atoms with Gasteiger partial charge in [-0.05, 0) is 13.0 Å². The minimum Gasteiger partial charge on any atom is -0.481 e. The van der Waals surface area contributed by atoms with Gasteiger partial charge in [0.1, 0.15) is 0 Å². The Morgan fingerprint density at radius 1 is 1.55 bits per heavy atom. The molecule has 0 aliphatic carbocycles. The van der Waals surface area contributed by atoms with Gasteiger partial charge >= 0.3 is 11.9 Å². The van der Waals surface area contributed by atoms with Gasteiger partial charge in [-0.1, -0.05) is 0 Å². The predicted octanol–water partition coefficient (Wildman–Crippen LogP) is 0.784. The molecule has 0 bridgehead atoms. The number of hydrogen-bond acceptors (Lipinski definition) is 3. The Hall–Kier alpha value is -1.32. The number of carbonyl (C=O) groups is 2. The number of aliphatic carboxylic acids is 1. The van der Waals surface area contributed by atoms with E-state index >= 15 is 0 Å². The van der Waals surface area contributed by atoms with Crippen molar-refractivity contribution < 1.29 is 19.4 Å². The molecule has 0 spiro atoms. The van der Waals surface area contributed by atoms with Crippen molar-refractivity contribution in [3.8, 4) is 0 Å². The zero-order valence-electron chi connectivity index (χ0n) is 6.40. The molecule has 0 saturated heterocycles. The van der Waals surface area contributed by atoms with Crippen molar-refractivity contribution in [2.24, 2.45) is 5.92 Å². The topological polar surface area (TPSA) is 63.6 Å². The molecule has 11 heavy (non-hydrogen) atoms. The molecule has 4 heteroatoms. The van der Waals surface area contributed by atoms with Crippen LogP contribution in [0.5, 0.6) is 0 Å². The van der Waals surface area contributed by atoms with Gasteiger partial charge in [-0.2, -0.15) is 0 Å². The third kappa shape index (κ3) is 5.14. The summed E-state index contributed by atoms with van der Waals surface area (Å²) in [6.07, 6.45) is 2.38. The quantitative estimate of drug-likeness (QED) is 0.487. The van der Waals surface area contributed by atoms with Crippen LogP contribution in [-0.4, -0.2) is 17.0 Å². The van der Waals surface area contributed by atoms with E-state index in [9.17, 15) is 9.59 Å². The second-order valence-electron chi connectivity index (χ2n) is 2.06. The molecule has 4 nitrogen and oxygen atoms in total. The summed E-state index contributed by atoms with van der Waals surface area (Å²) in [6, 6.07) is 0. The molecule has 0 heterocycles. The van der Waals surface area contributed by atoms with Crippen LogP contribution in [0.4, 0.5) is 0 Å². The molecule has 0 aromatic heterocycles. The number of carbonyl (C=O) groups excluding carboxylic acids is 1. The van der Waals surface area contributed by atoms with Crippen LogP contribution in [0.3, 0.4) is 0 Å². The average molecular weight is 158 g/mol. The van der Waals surface area contributed by atoms with Gasteiger partial charge in [0.15, 0.2) is 0 Å². The summed E-state index contributed by atoms with van der Waals surface area (Å²) in [5.74, 6) is -2.04. The van der Waals surface area contributed by atoms with Crippen LogP contribution in [0, 0.1) is 5.92 Å². The maximum absolute atomic E-state index is 10.2. The van der Waals surface area contributed by atoms with Gasteiger partial charge in [0.25, 0.3) is 0 Å². The van der Waals surface area contributed by atoms with Crippen LogP contribution >= 0.6 is 0 Å². The molecule has 0 aromatic rings. The van der Waals surface area contributed by atoms with E-state index in [1.165, 1.54) is 19.9 Å².